The molecule has 2 N–H and O–H groups in total. The average Bonchev–Trinajstić information content (AvgIpc) is 2.30. The molecule has 5 heteroatoms. The van der Waals surface area contributed by atoms with Gasteiger partial charge in [-0.05, 0) is 13.8 Å². The predicted molar refractivity (Wildman–Crippen MR) is 67.2 cm³/mol. The number of rotatable bonds is 7. The number of aliphatic hydroxyl groups excluding tert-OH is 1. The van der Waals surface area contributed by atoms with Crippen LogP contribution in [-0.4, -0.2) is 74.8 Å². The van der Waals surface area contributed by atoms with E-state index in [-0.39, 0.29) is 6.10 Å². The molecule has 0 spiro atoms. The van der Waals surface area contributed by atoms with Crippen LogP contribution >= 0.6 is 0 Å². The molecule has 0 aromatic rings. The van der Waals surface area contributed by atoms with Crippen LogP contribution in [0.3, 0.4) is 0 Å². The van der Waals surface area contributed by atoms with Crippen molar-refractivity contribution in [2.75, 3.05) is 46.5 Å². The van der Waals surface area contributed by atoms with Gasteiger partial charge in [0.25, 0.3) is 0 Å². The lowest BCUT2D eigenvalue weighted by Gasteiger charge is -2.35. The zero-order chi connectivity index (χ0) is 12.7. The van der Waals surface area contributed by atoms with Gasteiger partial charge in [0.15, 0.2) is 0 Å². The Morgan fingerprint density at radius 1 is 1.47 bits per heavy atom. The van der Waals surface area contributed by atoms with E-state index in [9.17, 15) is 5.11 Å². The fraction of sp³-hybridized carbons (Fsp3) is 1.00. The van der Waals surface area contributed by atoms with Crippen LogP contribution in [0, 0.1) is 0 Å². The van der Waals surface area contributed by atoms with Gasteiger partial charge in [0.1, 0.15) is 0 Å². The lowest BCUT2D eigenvalue weighted by molar-refractivity contribution is -0.0435. The van der Waals surface area contributed by atoms with Gasteiger partial charge in [0.2, 0.25) is 0 Å². The van der Waals surface area contributed by atoms with Crippen molar-refractivity contribution >= 4 is 0 Å². The number of nitrogens with one attached hydrogen (secondary N) is 1. The normalized spacial score (nSPS) is 25.8. The number of ether oxygens (including phenoxy) is 2. The van der Waals surface area contributed by atoms with E-state index in [4.69, 9.17) is 9.47 Å². The molecule has 1 rings (SSSR count). The highest BCUT2D eigenvalue weighted by atomic mass is 16.5. The summed E-state index contributed by atoms with van der Waals surface area (Å²) in [5.74, 6) is 0. The van der Waals surface area contributed by atoms with E-state index in [1.165, 1.54) is 0 Å². The number of hydrogen-bond acceptors (Lipinski definition) is 5. The standard InChI is InChI=1S/C12H26N2O3/c1-10-6-13-4-5-14(10)7-12(15)9-17-11(2)8-16-3/h10-13,15H,4-9H2,1-3H3. The number of hydrogen-bond donors (Lipinski definition) is 2. The molecule has 0 aromatic carbocycles. The third-order valence-corrected chi connectivity index (χ3v) is 3.06. The first-order valence-electron chi connectivity index (χ1n) is 6.36. The first-order chi connectivity index (χ1) is 8.13. The van der Waals surface area contributed by atoms with Crippen LogP contribution in [0.4, 0.5) is 0 Å². The molecule has 102 valence electrons. The highest BCUT2D eigenvalue weighted by molar-refractivity contribution is 4.78. The van der Waals surface area contributed by atoms with Crippen LogP contribution in [0.15, 0.2) is 0 Å². The number of methoxy groups -OCH3 is 1. The summed E-state index contributed by atoms with van der Waals surface area (Å²) in [7, 11) is 1.65. The first kappa shape index (κ1) is 14.9. The highest BCUT2D eigenvalue weighted by Gasteiger charge is 2.20. The van der Waals surface area contributed by atoms with E-state index in [1.54, 1.807) is 7.11 Å². The topological polar surface area (TPSA) is 54.0 Å². The molecule has 3 atom stereocenters. The minimum Gasteiger partial charge on any atom is -0.389 e. The van der Waals surface area contributed by atoms with Gasteiger partial charge < -0.3 is 19.9 Å². The molecule has 5 nitrogen and oxygen atoms in total. The Morgan fingerprint density at radius 2 is 2.24 bits per heavy atom. The molecule has 1 aliphatic rings. The molecule has 1 aliphatic heterocycles. The Kier molecular flexibility index (Phi) is 6.99. The smallest absolute Gasteiger partial charge is 0.0900 e. The summed E-state index contributed by atoms with van der Waals surface area (Å²) in [6.45, 7) is 8.73. The van der Waals surface area contributed by atoms with Gasteiger partial charge in [-0.2, -0.15) is 0 Å². The molecule has 17 heavy (non-hydrogen) atoms. The third-order valence-electron chi connectivity index (χ3n) is 3.06. The van der Waals surface area contributed by atoms with Crippen LogP contribution in [0.1, 0.15) is 13.8 Å². The number of β-amino-alcohol motifs (C(OH)–C–C–N with tert-alkyl or cyclic N) is 1. The minimum absolute atomic E-state index is 0.0371. The molecule has 0 aromatic heterocycles. The Bertz CT molecular complexity index is 204. The SMILES string of the molecule is COCC(C)OCC(O)CN1CCNCC1C. The Balaban J connectivity index is 2.17. The second kappa shape index (κ2) is 8.00. The average molecular weight is 246 g/mol. The van der Waals surface area contributed by atoms with Crippen molar-refractivity contribution in [1.29, 1.82) is 0 Å². The van der Waals surface area contributed by atoms with E-state index in [0.717, 1.165) is 19.6 Å². The van der Waals surface area contributed by atoms with E-state index in [1.807, 2.05) is 6.92 Å². The van der Waals surface area contributed by atoms with E-state index >= 15 is 0 Å². The second-order valence-electron chi connectivity index (χ2n) is 4.80. The summed E-state index contributed by atoms with van der Waals surface area (Å²) >= 11 is 0. The molecule has 1 heterocycles. The second-order valence-corrected chi connectivity index (χ2v) is 4.80. The van der Waals surface area contributed by atoms with Crippen LogP contribution in [-0.2, 0) is 9.47 Å². The summed E-state index contributed by atoms with van der Waals surface area (Å²) in [4.78, 5) is 2.30. The maximum absolute atomic E-state index is 9.91. The van der Waals surface area contributed by atoms with Gasteiger partial charge >= 0.3 is 0 Å². The van der Waals surface area contributed by atoms with E-state index in [0.29, 0.717) is 25.8 Å². The monoisotopic (exact) mass is 246 g/mol. The zero-order valence-electron chi connectivity index (χ0n) is 11.2. The summed E-state index contributed by atoms with van der Waals surface area (Å²) in [5, 5.41) is 13.2. The summed E-state index contributed by atoms with van der Waals surface area (Å²) < 4.78 is 10.5. The molecule has 0 radical (unpaired) electrons. The van der Waals surface area contributed by atoms with Crippen LogP contribution in [0.5, 0.6) is 0 Å². The minimum atomic E-state index is -0.421. The molecule has 1 fully saturated rings. The first-order valence-corrected chi connectivity index (χ1v) is 6.36. The van der Waals surface area contributed by atoms with Gasteiger partial charge in [-0.25, -0.2) is 0 Å². The van der Waals surface area contributed by atoms with Gasteiger partial charge in [-0.1, -0.05) is 0 Å². The third kappa shape index (κ3) is 5.79. The molecule has 0 amide bonds. The summed E-state index contributed by atoms with van der Waals surface area (Å²) in [6.07, 6.45) is -0.384. The van der Waals surface area contributed by atoms with Crippen molar-refractivity contribution in [3.63, 3.8) is 0 Å². The molecule has 0 saturated carbocycles. The van der Waals surface area contributed by atoms with Crippen molar-refractivity contribution in [1.82, 2.24) is 10.2 Å². The lowest BCUT2D eigenvalue weighted by atomic mass is 10.2. The van der Waals surface area contributed by atoms with Crippen molar-refractivity contribution in [2.45, 2.75) is 32.1 Å². The number of nitrogens with zero attached hydrogens (tertiary/aromatic N) is 1. The van der Waals surface area contributed by atoms with Crippen LogP contribution < -0.4 is 5.32 Å². The van der Waals surface area contributed by atoms with E-state index < -0.39 is 6.10 Å². The van der Waals surface area contributed by atoms with Crippen molar-refractivity contribution < 1.29 is 14.6 Å². The Hall–Kier alpha value is -0.200. The maximum Gasteiger partial charge on any atom is 0.0900 e. The van der Waals surface area contributed by atoms with Gasteiger partial charge in [0, 0.05) is 39.3 Å². The van der Waals surface area contributed by atoms with Crippen molar-refractivity contribution in [2.24, 2.45) is 0 Å². The maximum atomic E-state index is 9.91. The van der Waals surface area contributed by atoms with Crippen LogP contribution in [0.2, 0.25) is 0 Å². The van der Waals surface area contributed by atoms with Crippen molar-refractivity contribution in [3.05, 3.63) is 0 Å². The molecule has 3 unspecified atom stereocenters. The fourth-order valence-corrected chi connectivity index (χ4v) is 2.04. The Morgan fingerprint density at radius 3 is 2.88 bits per heavy atom. The number of aliphatic hydroxyl groups is 1. The van der Waals surface area contributed by atoms with E-state index in [2.05, 4.69) is 17.1 Å². The molecular weight excluding hydrogens is 220 g/mol. The number of piperazine rings is 1. The van der Waals surface area contributed by atoms with Gasteiger partial charge in [-0.3, -0.25) is 4.90 Å². The van der Waals surface area contributed by atoms with Gasteiger partial charge in [-0.15, -0.1) is 0 Å². The molecular formula is C12H26N2O3. The lowest BCUT2D eigenvalue weighted by Crippen LogP contribution is -2.52. The molecule has 1 saturated heterocycles. The predicted octanol–water partition coefficient (Wildman–Crippen LogP) is -0.307. The fourth-order valence-electron chi connectivity index (χ4n) is 2.04. The Labute approximate surface area is 104 Å². The summed E-state index contributed by atoms with van der Waals surface area (Å²) in [5.41, 5.74) is 0. The van der Waals surface area contributed by atoms with Crippen molar-refractivity contribution in [3.8, 4) is 0 Å². The zero-order valence-corrected chi connectivity index (χ0v) is 11.2. The quantitative estimate of drug-likeness (QED) is 0.645. The summed E-state index contributed by atoms with van der Waals surface area (Å²) in [6, 6.07) is 0.481. The molecule has 0 aliphatic carbocycles. The largest absolute Gasteiger partial charge is 0.389 e. The molecule has 0 bridgehead atoms. The van der Waals surface area contributed by atoms with Crippen LogP contribution in [0.25, 0.3) is 0 Å². The van der Waals surface area contributed by atoms with Gasteiger partial charge in [0.05, 0.1) is 25.4 Å². The highest BCUT2D eigenvalue weighted by Crippen LogP contribution is 2.04.